The van der Waals surface area contributed by atoms with Crippen LogP contribution in [0.3, 0.4) is 0 Å². The Morgan fingerprint density at radius 2 is 2.12 bits per heavy atom. The highest BCUT2D eigenvalue weighted by Gasteiger charge is 2.06. The lowest BCUT2D eigenvalue weighted by Crippen LogP contribution is -2.00. The number of fused-ring (bicyclic) bond motifs is 1. The van der Waals surface area contributed by atoms with E-state index < -0.39 is 0 Å². The molecule has 3 heteroatoms. The first kappa shape index (κ1) is 11.2. The molecule has 0 aliphatic carbocycles. The van der Waals surface area contributed by atoms with Gasteiger partial charge in [-0.25, -0.2) is 4.98 Å². The minimum Gasteiger partial charge on any atom is -0.324 e. The molecule has 84 valence electrons. The second-order valence-electron chi connectivity index (χ2n) is 3.61. The molecule has 0 bridgehead atoms. The van der Waals surface area contributed by atoms with Gasteiger partial charge in [-0.3, -0.25) is 0 Å². The number of aromatic nitrogens is 2. The van der Waals surface area contributed by atoms with Crippen molar-refractivity contribution in [3.05, 3.63) is 42.2 Å². The molecule has 2 rings (SSSR count). The third-order valence-electron chi connectivity index (χ3n) is 2.59. The highest BCUT2D eigenvalue weighted by atomic mass is 35.5. The summed E-state index contributed by atoms with van der Waals surface area (Å²) in [6.07, 6.45) is 5.00. The molecule has 0 N–H and O–H groups in total. The summed E-state index contributed by atoms with van der Waals surface area (Å²) in [6, 6.07) is 8.23. The summed E-state index contributed by atoms with van der Waals surface area (Å²) in [4.78, 5) is 4.61. The van der Waals surface area contributed by atoms with Gasteiger partial charge in [0.05, 0.1) is 11.0 Å². The SMILES string of the molecule is CCc1nc2ccccc2n1CC=CCCl. The first-order chi connectivity index (χ1) is 7.86. The molecule has 0 unspecified atom stereocenters. The van der Waals surface area contributed by atoms with E-state index in [1.54, 1.807) is 0 Å². The molecule has 0 aliphatic heterocycles. The van der Waals surface area contributed by atoms with Crippen LogP contribution in [0.4, 0.5) is 0 Å². The monoisotopic (exact) mass is 234 g/mol. The van der Waals surface area contributed by atoms with Crippen molar-refractivity contribution in [2.24, 2.45) is 0 Å². The van der Waals surface area contributed by atoms with E-state index in [4.69, 9.17) is 11.6 Å². The minimum atomic E-state index is 0.564. The molecule has 2 aromatic rings. The number of para-hydroxylation sites is 2. The van der Waals surface area contributed by atoms with Gasteiger partial charge in [0.1, 0.15) is 5.82 Å². The van der Waals surface area contributed by atoms with Gasteiger partial charge in [-0.05, 0) is 12.1 Å². The number of hydrogen-bond donors (Lipinski definition) is 0. The average Bonchev–Trinajstić information content (AvgIpc) is 2.68. The fourth-order valence-corrected chi connectivity index (χ4v) is 1.97. The number of allylic oxidation sites excluding steroid dienone is 2. The molecule has 0 saturated carbocycles. The van der Waals surface area contributed by atoms with Crippen LogP contribution < -0.4 is 0 Å². The Bertz CT molecular complexity index is 500. The van der Waals surface area contributed by atoms with E-state index in [0.717, 1.165) is 24.3 Å². The van der Waals surface area contributed by atoms with Gasteiger partial charge in [-0.2, -0.15) is 0 Å². The Balaban J connectivity index is 2.43. The Hall–Kier alpha value is -1.28. The highest BCUT2D eigenvalue weighted by molar-refractivity contribution is 6.18. The molecule has 1 aromatic carbocycles. The quantitative estimate of drug-likeness (QED) is 0.586. The normalized spacial score (nSPS) is 11.6. The van der Waals surface area contributed by atoms with Crippen LogP contribution in [0.2, 0.25) is 0 Å². The van der Waals surface area contributed by atoms with Crippen LogP contribution in [-0.2, 0) is 13.0 Å². The Kier molecular flexibility index (Phi) is 3.62. The van der Waals surface area contributed by atoms with Crippen LogP contribution in [-0.4, -0.2) is 15.4 Å². The van der Waals surface area contributed by atoms with Crippen molar-refractivity contribution in [2.45, 2.75) is 19.9 Å². The molecular formula is C13H15ClN2. The molecular weight excluding hydrogens is 220 g/mol. The zero-order valence-corrected chi connectivity index (χ0v) is 10.1. The molecule has 0 spiro atoms. The lowest BCUT2D eigenvalue weighted by Gasteiger charge is -2.03. The Labute approximate surface area is 101 Å². The summed E-state index contributed by atoms with van der Waals surface area (Å²) in [5.74, 6) is 1.69. The van der Waals surface area contributed by atoms with Gasteiger partial charge in [0.15, 0.2) is 0 Å². The van der Waals surface area contributed by atoms with Crippen LogP contribution in [0.25, 0.3) is 11.0 Å². The van der Waals surface area contributed by atoms with E-state index in [1.165, 1.54) is 5.52 Å². The van der Waals surface area contributed by atoms with Crippen LogP contribution in [0, 0.1) is 0 Å². The van der Waals surface area contributed by atoms with Crippen molar-refractivity contribution >= 4 is 22.6 Å². The summed E-state index contributed by atoms with van der Waals surface area (Å²) < 4.78 is 2.23. The van der Waals surface area contributed by atoms with Crippen molar-refractivity contribution in [2.75, 3.05) is 5.88 Å². The third kappa shape index (κ3) is 2.12. The molecule has 0 radical (unpaired) electrons. The Morgan fingerprint density at radius 1 is 1.31 bits per heavy atom. The molecule has 0 amide bonds. The standard InChI is InChI=1S/C13H15ClN2/c1-2-13-15-11-7-3-4-8-12(11)16(13)10-6-5-9-14/h3-8H,2,9-10H2,1H3. The molecule has 16 heavy (non-hydrogen) atoms. The fourth-order valence-electron chi connectivity index (χ4n) is 1.84. The molecule has 1 aromatic heterocycles. The van der Waals surface area contributed by atoms with Crippen LogP contribution in [0.5, 0.6) is 0 Å². The number of aryl methyl sites for hydroxylation is 1. The molecule has 0 aliphatic rings. The van der Waals surface area contributed by atoms with Gasteiger partial charge < -0.3 is 4.57 Å². The smallest absolute Gasteiger partial charge is 0.109 e. The Morgan fingerprint density at radius 3 is 2.88 bits per heavy atom. The van der Waals surface area contributed by atoms with Crippen molar-refractivity contribution in [3.8, 4) is 0 Å². The van der Waals surface area contributed by atoms with Crippen molar-refractivity contribution in [3.63, 3.8) is 0 Å². The lowest BCUT2D eigenvalue weighted by molar-refractivity contribution is 0.768. The van der Waals surface area contributed by atoms with E-state index in [-0.39, 0.29) is 0 Å². The highest BCUT2D eigenvalue weighted by Crippen LogP contribution is 2.16. The van der Waals surface area contributed by atoms with Crippen LogP contribution in [0.15, 0.2) is 36.4 Å². The second kappa shape index (κ2) is 5.17. The van der Waals surface area contributed by atoms with Crippen LogP contribution in [0.1, 0.15) is 12.7 Å². The van der Waals surface area contributed by atoms with Gasteiger partial charge in [-0.15, -0.1) is 11.6 Å². The predicted octanol–water partition coefficient (Wildman–Crippen LogP) is 3.39. The molecule has 1 heterocycles. The van der Waals surface area contributed by atoms with E-state index >= 15 is 0 Å². The molecule has 0 atom stereocenters. The first-order valence-corrected chi connectivity index (χ1v) is 6.05. The second-order valence-corrected chi connectivity index (χ2v) is 3.92. The van der Waals surface area contributed by atoms with E-state index in [2.05, 4.69) is 34.7 Å². The summed E-state index contributed by atoms with van der Waals surface area (Å²) in [6.45, 7) is 2.97. The third-order valence-corrected chi connectivity index (χ3v) is 2.77. The number of benzene rings is 1. The van der Waals surface area contributed by atoms with E-state index in [9.17, 15) is 0 Å². The zero-order valence-electron chi connectivity index (χ0n) is 9.36. The van der Waals surface area contributed by atoms with Crippen molar-refractivity contribution < 1.29 is 0 Å². The lowest BCUT2D eigenvalue weighted by atomic mass is 10.3. The minimum absolute atomic E-state index is 0.564. The van der Waals surface area contributed by atoms with Gasteiger partial charge in [0.2, 0.25) is 0 Å². The average molecular weight is 235 g/mol. The van der Waals surface area contributed by atoms with E-state index in [1.807, 2.05) is 18.2 Å². The maximum atomic E-state index is 5.62. The van der Waals surface area contributed by atoms with Gasteiger partial charge in [-0.1, -0.05) is 31.2 Å². The number of imidazole rings is 1. The maximum absolute atomic E-state index is 5.62. The topological polar surface area (TPSA) is 17.8 Å². The molecule has 0 fully saturated rings. The molecule has 2 nitrogen and oxygen atoms in total. The summed E-state index contributed by atoms with van der Waals surface area (Å²) >= 11 is 5.62. The van der Waals surface area contributed by atoms with Crippen LogP contribution >= 0.6 is 11.6 Å². The van der Waals surface area contributed by atoms with Crippen molar-refractivity contribution in [1.82, 2.24) is 9.55 Å². The van der Waals surface area contributed by atoms with E-state index in [0.29, 0.717) is 5.88 Å². The van der Waals surface area contributed by atoms with Gasteiger partial charge >= 0.3 is 0 Å². The predicted molar refractivity (Wildman–Crippen MR) is 69.0 cm³/mol. The number of alkyl halides is 1. The van der Waals surface area contributed by atoms with Gasteiger partial charge in [0, 0.05) is 18.8 Å². The van der Waals surface area contributed by atoms with Crippen molar-refractivity contribution in [1.29, 1.82) is 0 Å². The molecule has 0 saturated heterocycles. The first-order valence-electron chi connectivity index (χ1n) is 5.52. The number of hydrogen-bond acceptors (Lipinski definition) is 1. The zero-order chi connectivity index (χ0) is 11.4. The van der Waals surface area contributed by atoms with Gasteiger partial charge in [0.25, 0.3) is 0 Å². The summed E-state index contributed by atoms with van der Waals surface area (Å²) in [5, 5.41) is 0. The summed E-state index contributed by atoms with van der Waals surface area (Å²) in [7, 11) is 0. The number of nitrogens with zero attached hydrogens (tertiary/aromatic N) is 2. The maximum Gasteiger partial charge on any atom is 0.109 e. The number of rotatable bonds is 4. The fraction of sp³-hybridized carbons (Fsp3) is 0.308. The number of halogens is 1. The largest absolute Gasteiger partial charge is 0.324 e. The summed E-state index contributed by atoms with van der Waals surface area (Å²) in [5.41, 5.74) is 2.26.